The standard InChI is InChI=1S/C19H27NO5/c1-12-9-7-8-10-14(12)15(13(2)21)11-16(17(22)24-6)20-18(23)25-19(3,4)5/h7-10,15-16H,11H2,1-6H3,(H,20,23). The van der Waals surface area contributed by atoms with Crippen molar-refractivity contribution in [3.63, 3.8) is 0 Å². The van der Waals surface area contributed by atoms with Crippen LogP contribution in [-0.2, 0) is 19.1 Å². The van der Waals surface area contributed by atoms with E-state index in [0.717, 1.165) is 11.1 Å². The minimum Gasteiger partial charge on any atom is -0.467 e. The van der Waals surface area contributed by atoms with Crippen molar-refractivity contribution in [3.8, 4) is 0 Å². The maximum atomic E-state index is 12.2. The summed E-state index contributed by atoms with van der Waals surface area (Å²) in [6.45, 7) is 8.56. The Kier molecular flexibility index (Phi) is 7.15. The molecule has 6 nitrogen and oxygen atoms in total. The van der Waals surface area contributed by atoms with E-state index in [0.29, 0.717) is 0 Å². The lowest BCUT2D eigenvalue weighted by Crippen LogP contribution is -2.45. The summed E-state index contributed by atoms with van der Waals surface area (Å²) >= 11 is 0. The highest BCUT2D eigenvalue weighted by Crippen LogP contribution is 2.26. The van der Waals surface area contributed by atoms with Crippen molar-refractivity contribution in [3.05, 3.63) is 35.4 Å². The molecule has 0 fully saturated rings. The predicted molar refractivity (Wildman–Crippen MR) is 94.4 cm³/mol. The van der Waals surface area contributed by atoms with Gasteiger partial charge in [-0.3, -0.25) is 4.79 Å². The van der Waals surface area contributed by atoms with E-state index in [2.05, 4.69) is 5.32 Å². The molecule has 6 heteroatoms. The van der Waals surface area contributed by atoms with Gasteiger partial charge in [0.2, 0.25) is 0 Å². The summed E-state index contributed by atoms with van der Waals surface area (Å²) in [5, 5.41) is 2.51. The number of Topliss-reactive ketones (excluding diaryl/α,β-unsaturated/α-hetero) is 1. The van der Waals surface area contributed by atoms with Crippen molar-refractivity contribution in [1.29, 1.82) is 0 Å². The summed E-state index contributed by atoms with van der Waals surface area (Å²) in [4.78, 5) is 36.3. The fourth-order valence-electron chi connectivity index (χ4n) is 2.53. The van der Waals surface area contributed by atoms with Gasteiger partial charge in [-0.05, 0) is 52.2 Å². The zero-order valence-corrected chi connectivity index (χ0v) is 15.7. The summed E-state index contributed by atoms with van der Waals surface area (Å²) in [5.41, 5.74) is 1.08. The van der Waals surface area contributed by atoms with Gasteiger partial charge in [-0.15, -0.1) is 0 Å². The quantitative estimate of drug-likeness (QED) is 0.798. The van der Waals surface area contributed by atoms with E-state index in [1.54, 1.807) is 20.8 Å². The molecule has 0 radical (unpaired) electrons. The van der Waals surface area contributed by atoms with Gasteiger partial charge in [0, 0.05) is 5.92 Å². The van der Waals surface area contributed by atoms with Crippen LogP contribution in [0.3, 0.4) is 0 Å². The smallest absolute Gasteiger partial charge is 0.408 e. The molecule has 138 valence electrons. The highest BCUT2D eigenvalue weighted by molar-refractivity contribution is 5.86. The van der Waals surface area contributed by atoms with E-state index in [9.17, 15) is 14.4 Å². The number of hydrogen-bond donors (Lipinski definition) is 1. The lowest BCUT2D eigenvalue weighted by Gasteiger charge is -2.25. The second-order valence-electron chi connectivity index (χ2n) is 6.98. The fraction of sp³-hybridized carbons (Fsp3) is 0.526. The molecule has 0 bridgehead atoms. The lowest BCUT2D eigenvalue weighted by atomic mass is 9.86. The molecule has 1 N–H and O–H groups in total. The number of ether oxygens (including phenoxy) is 2. The second kappa shape index (κ2) is 8.65. The van der Waals surface area contributed by atoms with E-state index in [1.807, 2.05) is 31.2 Å². The van der Waals surface area contributed by atoms with Gasteiger partial charge >= 0.3 is 12.1 Å². The number of hydrogen-bond acceptors (Lipinski definition) is 5. The Morgan fingerprint density at radius 3 is 2.24 bits per heavy atom. The first-order valence-electron chi connectivity index (χ1n) is 8.18. The Bertz CT molecular complexity index is 633. The Morgan fingerprint density at radius 1 is 1.16 bits per heavy atom. The van der Waals surface area contributed by atoms with E-state index < -0.39 is 29.6 Å². The molecular formula is C19H27NO5. The molecule has 1 aromatic rings. The lowest BCUT2D eigenvalue weighted by molar-refractivity contribution is -0.143. The van der Waals surface area contributed by atoms with Crippen molar-refractivity contribution in [2.24, 2.45) is 0 Å². The largest absolute Gasteiger partial charge is 0.467 e. The number of benzene rings is 1. The summed E-state index contributed by atoms with van der Waals surface area (Å²) in [5.74, 6) is -1.24. The maximum absolute atomic E-state index is 12.2. The molecule has 25 heavy (non-hydrogen) atoms. The first-order chi connectivity index (χ1) is 11.5. The Labute approximate surface area is 148 Å². The number of methoxy groups -OCH3 is 1. The van der Waals surface area contributed by atoms with Crippen molar-refractivity contribution in [2.45, 2.75) is 58.6 Å². The molecule has 0 saturated heterocycles. The molecule has 1 amide bonds. The van der Waals surface area contributed by atoms with E-state index in [-0.39, 0.29) is 12.2 Å². The van der Waals surface area contributed by atoms with Crippen LogP contribution in [0.5, 0.6) is 0 Å². The van der Waals surface area contributed by atoms with Crippen molar-refractivity contribution >= 4 is 17.8 Å². The highest BCUT2D eigenvalue weighted by atomic mass is 16.6. The van der Waals surface area contributed by atoms with E-state index in [1.165, 1.54) is 14.0 Å². The normalized spacial score (nSPS) is 13.5. The molecule has 0 aliphatic carbocycles. The summed E-state index contributed by atoms with van der Waals surface area (Å²) in [7, 11) is 1.24. The zero-order valence-electron chi connectivity index (χ0n) is 15.7. The number of alkyl carbamates (subject to hydrolysis) is 1. The van der Waals surface area contributed by atoms with Crippen LogP contribution in [0, 0.1) is 6.92 Å². The first-order valence-corrected chi connectivity index (χ1v) is 8.18. The van der Waals surface area contributed by atoms with Crippen molar-refractivity contribution in [1.82, 2.24) is 5.32 Å². The molecule has 1 aromatic carbocycles. The maximum Gasteiger partial charge on any atom is 0.408 e. The number of carbonyl (C=O) groups excluding carboxylic acids is 3. The second-order valence-corrected chi connectivity index (χ2v) is 6.98. The molecule has 0 aromatic heterocycles. The van der Waals surface area contributed by atoms with Crippen LogP contribution >= 0.6 is 0 Å². The molecular weight excluding hydrogens is 322 g/mol. The average Bonchev–Trinajstić information content (AvgIpc) is 2.49. The Morgan fingerprint density at radius 2 is 1.76 bits per heavy atom. The topological polar surface area (TPSA) is 81.7 Å². The number of carbonyl (C=O) groups is 3. The van der Waals surface area contributed by atoms with Gasteiger partial charge < -0.3 is 14.8 Å². The molecule has 0 saturated carbocycles. The van der Waals surface area contributed by atoms with Crippen LogP contribution in [0.1, 0.15) is 51.2 Å². The minimum atomic E-state index is -0.978. The van der Waals surface area contributed by atoms with Gasteiger partial charge in [0.25, 0.3) is 0 Å². The van der Waals surface area contributed by atoms with Gasteiger partial charge in [-0.25, -0.2) is 9.59 Å². The molecule has 0 aliphatic heterocycles. The number of rotatable bonds is 6. The molecule has 0 aliphatic rings. The van der Waals surface area contributed by atoms with Crippen LogP contribution in [0.15, 0.2) is 24.3 Å². The number of amides is 1. The summed E-state index contributed by atoms with van der Waals surface area (Å²) in [6, 6.07) is 6.50. The van der Waals surface area contributed by atoms with Gasteiger partial charge in [-0.1, -0.05) is 24.3 Å². The number of esters is 1. The molecule has 2 atom stereocenters. The average molecular weight is 349 g/mol. The Balaban J connectivity index is 3.02. The summed E-state index contributed by atoms with van der Waals surface area (Å²) < 4.78 is 9.96. The third kappa shape index (κ3) is 6.57. The van der Waals surface area contributed by atoms with Gasteiger partial charge in [0.05, 0.1) is 7.11 Å². The summed E-state index contributed by atoms with van der Waals surface area (Å²) in [6.07, 6.45) is -0.624. The van der Waals surface area contributed by atoms with E-state index in [4.69, 9.17) is 9.47 Å². The van der Waals surface area contributed by atoms with Crippen LogP contribution < -0.4 is 5.32 Å². The zero-order chi connectivity index (χ0) is 19.2. The monoisotopic (exact) mass is 349 g/mol. The molecule has 2 unspecified atom stereocenters. The first kappa shape index (κ1) is 20.7. The highest BCUT2D eigenvalue weighted by Gasteiger charge is 2.30. The minimum absolute atomic E-state index is 0.0887. The van der Waals surface area contributed by atoms with Crippen LogP contribution in [0.4, 0.5) is 4.79 Å². The fourth-order valence-corrected chi connectivity index (χ4v) is 2.53. The van der Waals surface area contributed by atoms with E-state index >= 15 is 0 Å². The third-order valence-corrected chi connectivity index (χ3v) is 3.70. The molecule has 0 heterocycles. The number of nitrogens with one attached hydrogen (secondary N) is 1. The van der Waals surface area contributed by atoms with Crippen molar-refractivity contribution < 1.29 is 23.9 Å². The third-order valence-electron chi connectivity index (χ3n) is 3.70. The number of aryl methyl sites for hydroxylation is 1. The Hall–Kier alpha value is -2.37. The van der Waals surface area contributed by atoms with Gasteiger partial charge in [0.1, 0.15) is 17.4 Å². The van der Waals surface area contributed by atoms with Crippen LogP contribution in [-0.4, -0.2) is 36.6 Å². The molecule has 1 rings (SSSR count). The van der Waals surface area contributed by atoms with Gasteiger partial charge in [-0.2, -0.15) is 0 Å². The van der Waals surface area contributed by atoms with Crippen molar-refractivity contribution in [2.75, 3.05) is 7.11 Å². The SMILES string of the molecule is COC(=O)C(CC(C(C)=O)c1ccccc1C)NC(=O)OC(C)(C)C. The van der Waals surface area contributed by atoms with Crippen LogP contribution in [0.25, 0.3) is 0 Å². The van der Waals surface area contributed by atoms with Crippen LogP contribution in [0.2, 0.25) is 0 Å². The van der Waals surface area contributed by atoms with Gasteiger partial charge in [0.15, 0.2) is 0 Å². The number of ketones is 1. The molecule has 0 spiro atoms. The predicted octanol–water partition coefficient (Wildman–Crippen LogP) is 3.12.